The molecule has 0 saturated carbocycles. The highest BCUT2D eigenvalue weighted by molar-refractivity contribution is 4.90. The normalized spacial score (nSPS) is 16.1. The van der Waals surface area contributed by atoms with Crippen molar-refractivity contribution < 1.29 is 17.9 Å². The lowest BCUT2D eigenvalue weighted by molar-refractivity contribution is -0.163. The summed E-state index contributed by atoms with van der Waals surface area (Å²) in [4.78, 5) is 1.46. The smallest absolute Gasteiger partial charge is 0.383 e. The molecule has 3 nitrogen and oxygen atoms in total. The molecule has 0 fully saturated rings. The molecule has 0 aromatic heterocycles. The van der Waals surface area contributed by atoms with E-state index in [1.807, 2.05) is 0 Å². The van der Waals surface area contributed by atoms with Crippen molar-refractivity contribution in [2.24, 2.45) is 5.92 Å². The Labute approximate surface area is 87.4 Å². The first-order valence-corrected chi connectivity index (χ1v) is 4.48. The molecule has 0 radical (unpaired) electrons. The maximum absolute atomic E-state index is 12.2. The fourth-order valence-corrected chi connectivity index (χ4v) is 1.05. The van der Waals surface area contributed by atoms with Gasteiger partial charge in [0, 0.05) is 19.7 Å². The molecule has 0 N–H and O–H groups in total. The van der Waals surface area contributed by atoms with Crippen molar-refractivity contribution in [3.05, 3.63) is 0 Å². The summed E-state index contributed by atoms with van der Waals surface area (Å²) in [5, 5.41) is 8.39. The Morgan fingerprint density at radius 1 is 1.47 bits per heavy atom. The summed E-state index contributed by atoms with van der Waals surface area (Å²) in [6, 6.07) is 1.12. The number of rotatable bonds is 5. The standard InChI is InChI=1S/C9H15F3N2O/c1-7(6-15-3)14(2)5-8(4-13)9(10,11)12/h7-8H,5-6H2,1-3H3. The summed E-state index contributed by atoms with van der Waals surface area (Å²) >= 11 is 0. The van der Waals surface area contributed by atoms with Crippen molar-refractivity contribution >= 4 is 0 Å². The fourth-order valence-electron chi connectivity index (χ4n) is 1.05. The highest BCUT2D eigenvalue weighted by Crippen LogP contribution is 2.26. The van der Waals surface area contributed by atoms with E-state index in [9.17, 15) is 13.2 Å². The molecule has 0 heterocycles. The van der Waals surface area contributed by atoms with E-state index in [4.69, 9.17) is 10.00 Å². The maximum Gasteiger partial charge on any atom is 0.405 e. The Bertz CT molecular complexity index is 224. The zero-order valence-corrected chi connectivity index (χ0v) is 9.01. The number of ether oxygens (including phenoxy) is 1. The van der Waals surface area contributed by atoms with E-state index < -0.39 is 12.1 Å². The molecule has 0 rings (SSSR count). The van der Waals surface area contributed by atoms with Crippen LogP contribution in [0.5, 0.6) is 0 Å². The predicted octanol–water partition coefficient (Wildman–Crippen LogP) is 1.66. The number of hydrogen-bond acceptors (Lipinski definition) is 3. The van der Waals surface area contributed by atoms with Crippen molar-refractivity contribution in [2.45, 2.75) is 19.1 Å². The first-order chi connectivity index (χ1) is 6.82. The van der Waals surface area contributed by atoms with Crippen molar-refractivity contribution in [1.82, 2.24) is 4.90 Å². The quantitative estimate of drug-likeness (QED) is 0.712. The van der Waals surface area contributed by atoms with Crippen LogP contribution in [0.4, 0.5) is 13.2 Å². The van der Waals surface area contributed by atoms with Crippen LogP contribution >= 0.6 is 0 Å². The minimum absolute atomic E-state index is 0.145. The molecule has 0 aromatic carbocycles. The molecule has 88 valence electrons. The lowest BCUT2D eigenvalue weighted by Gasteiger charge is -2.26. The first-order valence-electron chi connectivity index (χ1n) is 4.48. The highest BCUT2D eigenvalue weighted by Gasteiger charge is 2.40. The fraction of sp³-hybridized carbons (Fsp3) is 0.889. The molecule has 0 saturated heterocycles. The predicted molar refractivity (Wildman–Crippen MR) is 49.1 cm³/mol. The van der Waals surface area contributed by atoms with Gasteiger partial charge >= 0.3 is 6.18 Å². The molecule has 0 aliphatic carbocycles. The van der Waals surface area contributed by atoms with Gasteiger partial charge in [0.15, 0.2) is 5.92 Å². The van der Waals surface area contributed by atoms with Gasteiger partial charge in [0.05, 0.1) is 12.7 Å². The second kappa shape index (κ2) is 5.93. The van der Waals surface area contributed by atoms with Crippen LogP contribution in [0.3, 0.4) is 0 Å². The SMILES string of the molecule is COCC(C)N(C)CC(C#N)C(F)(F)F. The third kappa shape index (κ3) is 5.00. The molecule has 0 aliphatic heterocycles. The lowest BCUT2D eigenvalue weighted by atomic mass is 10.1. The monoisotopic (exact) mass is 224 g/mol. The van der Waals surface area contributed by atoms with E-state index >= 15 is 0 Å². The molecule has 0 bridgehead atoms. The largest absolute Gasteiger partial charge is 0.405 e. The molecule has 0 spiro atoms. The van der Waals surface area contributed by atoms with Crippen LogP contribution in [0.1, 0.15) is 6.92 Å². The summed E-state index contributed by atoms with van der Waals surface area (Å²) in [5.74, 6) is -1.94. The number of methoxy groups -OCH3 is 1. The number of likely N-dealkylation sites (N-methyl/N-ethyl adjacent to an activating group) is 1. The molecule has 15 heavy (non-hydrogen) atoms. The average Bonchev–Trinajstić information content (AvgIpc) is 2.12. The van der Waals surface area contributed by atoms with Gasteiger partial charge in [-0.3, -0.25) is 4.90 Å². The van der Waals surface area contributed by atoms with E-state index in [1.54, 1.807) is 14.0 Å². The van der Waals surface area contributed by atoms with Gasteiger partial charge in [-0.05, 0) is 14.0 Å². The maximum atomic E-state index is 12.2. The van der Waals surface area contributed by atoms with Crippen LogP contribution in [-0.4, -0.2) is 44.4 Å². The lowest BCUT2D eigenvalue weighted by Crippen LogP contribution is -2.40. The molecule has 0 amide bonds. The molecule has 0 aromatic rings. The zero-order chi connectivity index (χ0) is 12.1. The number of nitrogens with zero attached hydrogens (tertiary/aromatic N) is 2. The van der Waals surface area contributed by atoms with E-state index in [2.05, 4.69) is 0 Å². The van der Waals surface area contributed by atoms with Crippen LogP contribution in [-0.2, 0) is 4.74 Å². The van der Waals surface area contributed by atoms with E-state index in [-0.39, 0.29) is 12.6 Å². The molecule has 2 atom stereocenters. The van der Waals surface area contributed by atoms with Crippen LogP contribution < -0.4 is 0 Å². The van der Waals surface area contributed by atoms with Crippen molar-refractivity contribution in [2.75, 3.05) is 27.3 Å². The van der Waals surface area contributed by atoms with Gasteiger partial charge in [-0.1, -0.05) is 0 Å². The van der Waals surface area contributed by atoms with E-state index in [1.165, 1.54) is 18.1 Å². The van der Waals surface area contributed by atoms with Crippen LogP contribution in [0.15, 0.2) is 0 Å². The van der Waals surface area contributed by atoms with Gasteiger partial charge in [-0.15, -0.1) is 0 Å². The third-order valence-corrected chi connectivity index (χ3v) is 2.18. The first kappa shape index (κ1) is 14.2. The van der Waals surface area contributed by atoms with Crippen LogP contribution in [0.25, 0.3) is 0 Å². The summed E-state index contributed by atoms with van der Waals surface area (Å²) in [6.45, 7) is 1.76. The second-order valence-corrected chi connectivity index (χ2v) is 3.47. The highest BCUT2D eigenvalue weighted by atomic mass is 19.4. The van der Waals surface area contributed by atoms with E-state index in [0.29, 0.717) is 6.61 Å². The summed E-state index contributed by atoms with van der Waals surface area (Å²) in [6.07, 6.45) is -4.46. The number of alkyl halides is 3. The Kier molecular flexibility index (Phi) is 5.61. The summed E-state index contributed by atoms with van der Waals surface area (Å²) < 4.78 is 41.6. The summed E-state index contributed by atoms with van der Waals surface area (Å²) in [7, 11) is 3.02. The molecular weight excluding hydrogens is 209 g/mol. The van der Waals surface area contributed by atoms with Gasteiger partial charge in [0.2, 0.25) is 0 Å². The van der Waals surface area contributed by atoms with Crippen LogP contribution in [0.2, 0.25) is 0 Å². The third-order valence-electron chi connectivity index (χ3n) is 2.18. The van der Waals surface area contributed by atoms with Gasteiger partial charge < -0.3 is 4.74 Å². The molecule has 0 aliphatic rings. The second-order valence-electron chi connectivity index (χ2n) is 3.47. The summed E-state index contributed by atoms with van der Waals surface area (Å²) in [5.41, 5.74) is 0. The van der Waals surface area contributed by atoms with Gasteiger partial charge in [0.25, 0.3) is 0 Å². The minimum Gasteiger partial charge on any atom is -0.383 e. The van der Waals surface area contributed by atoms with Gasteiger partial charge in [0.1, 0.15) is 0 Å². The topological polar surface area (TPSA) is 36.3 Å². The van der Waals surface area contributed by atoms with Gasteiger partial charge in [-0.2, -0.15) is 18.4 Å². The Morgan fingerprint density at radius 3 is 2.33 bits per heavy atom. The van der Waals surface area contributed by atoms with Crippen molar-refractivity contribution in [3.8, 4) is 6.07 Å². The molecule has 2 unspecified atom stereocenters. The number of halogens is 3. The average molecular weight is 224 g/mol. The Hall–Kier alpha value is -0.800. The van der Waals surface area contributed by atoms with Gasteiger partial charge in [-0.25, -0.2) is 0 Å². The Morgan fingerprint density at radius 2 is 2.00 bits per heavy atom. The van der Waals surface area contributed by atoms with E-state index in [0.717, 1.165) is 0 Å². The number of hydrogen-bond donors (Lipinski definition) is 0. The zero-order valence-electron chi connectivity index (χ0n) is 9.01. The van der Waals surface area contributed by atoms with Crippen LogP contribution in [0, 0.1) is 17.2 Å². The number of nitriles is 1. The van der Waals surface area contributed by atoms with Crippen molar-refractivity contribution in [1.29, 1.82) is 5.26 Å². The Balaban J connectivity index is 4.26. The molecular formula is C9H15F3N2O. The molecule has 6 heteroatoms. The minimum atomic E-state index is -4.46. The van der Waals surface area contributed by atoms with Crippen molar-refractivity contribution in [3.63, 3.8) is 0 Å².